The normalized spacial score (nSPS) is 18.0. The van der Waals surface area contributed by atoms with Crippen LogP contribution in [0.25, 0.3) is 0 Å². The van der Waals surface area contributed by atoms with Gasteiger partial charge in [-0.1, -0.05) is 50.1 Å². The van der Waals surface area contributed by atoms with Gasteiger partial charge in [-0.3, -0.25) is 0 Å². The minimum Gasteiger partial charge on any atom is -0.378 e. The van der Waals surface area contributed by atoms with Crippen LogP contribution in [-0.2, 0) is 0 Å². The molecule has 1 aliphatic carbocycles. The number of hydrogen-bond donors (Lipinski definition) is 1. The molecule has 2 heteroatoms. The summed E-state index contributed by atoms with van der Waals surface area (Å²) in [5, 5.41) is 8.68. The highest BCUT2D eigenvalue weighted by molar-refractivity contribution is 6.04. The molecule has 118 valence electrons. The van der Waals surface area contributed by atoms with Crippen LogP contribution in [-0.4, -0.2) is 19.8 Å². The molecule has 0 aromatic heterocycles. The van der Waals surface area contributed by atoms with Crippen LogP contribution in [0.1, 0.15) is 51.7 Å². The number of anilines is 1. The van der Waals surface area contributed by atoms with Gasteiger partial charge in [0.05, 0.1) is 0 Å². The van der Waals surface area contributed by atoms with Gasteiger partial charge in [0.1, 0.15) is 0 Å². The first-order valence-electron chi connectivity index (χ1n) is 7.89. The monoisotopic (exact) mass is 296 g/mol. The Labute approximate surface area is 135 Å². The molecule has 1 aromatic rings. The highest BCUT2D eigenvalue weighted by atomic mass is 15.1. The summed E-state index contributed by atoms with van der Waals surface area (Å²) in [6.45, 7) is 10.7. The Hall–Kier alpha value is -1.83. The second-order valence-electron chi connectivity index (χ2n) is 7.49. The van der Waals surface area contributed by atoms with Crippen molar-refractivity contribution >= 4 is 11.4 Å². The molecule has 0 heterocycles. The predicted octanol–water partition coefficient (Wildman–Crippen LogP) is 5.16. The van der Waals surface area contributed by atoms with Crippen LogP contribution in [0.5, 0.6) is 0 Å². The van der Waals surface area contributed by atoms with Gasteiger partial charge >= 0.3 is 0 Å². The first-order chi connectivity index (χ1) is 10.1. The zero-order valence-corrected chi connectivity index (χ0v) is 14.9. The van der Waals surface area contributed by atoms with E-state index in [1.807, 2.05) is 14.1 Å². The van der Waals surface area contributed by atoms with Crippen molar-refractivity contribution < 1.29 is 0 Å². The standard InChI is InChI=1S/C20H28N2/c1-13-8-10-16(14(13)2)17-11-9-15(22(6)7)12-18(17)19(21)20(3,4)5/h8-12,16,21H,1-7H3. The van der Waals surface area contributed by atoms with Crippen LogP contribution in [0.15, 0.2) is 41.5 Å². The summed E-state index contributed by atoms with van der Waals surface area (Å²) in [6, 6.07) is 6.52. The summed E-state index contributed by atoms with van der Waals surface area (Å²) >= 11 is 0. The van der Waals surface area contributed by atoms with Gasteiger partial charge in [0, 0.05) is 42.4 Å². The third kappa shape index (κ3) is 3.01. The lowest BCUT2D eigenvalue weighted by Gasteiger charge is -2.26. The van der Waals surface area contributed by atoms with Crippen molar-refractivity contribution in [2.75, 3.05) is 19.0 Å². The van der Waals surface area contributed by atoms with E-state index in [2.05, 4.69) is 69.9 Å². The van der Waals surface area contributed by atoms with Crippen LogP contribution in [0.2, 0.25) is 0 Å². The van der Waals surface area contributed by atoms with Crippen molar-refractivity contribution in [2.24, 2.45) is 5.41 Å². The van der Waals surface area contributed by atoms with E-state index in [0.717, 1.165) is 11.3 Å². The van der Waals surface area contributed by atoms with Gasteiger partial charge in [-0.25, -0.2) is 0 Å². The van der Waals surface area contributed by atoms with E-state index in [4.69, 9.17) is 5.41 Å². The van der Waals surface area contributed by atoms with Crippen molar-refractivity contribution in [3.05, 3.63) is 52.6 Å². The third-order valence-corrected chi connectivity index (χ3v) is 4.53. The van der Waals surface area contributed by atoms with Crippen molar-refractivity contribution in [3.63, 3.8) is 0 Å². The lowest BCUT2D eigenvalue weighted by atomic mass is 9.80. The molecule has 1 N–H and O–H groups in total. The molecule has 0 bridgehead atoms. The second-order valence-corrected chi connectivity index (χ2v) is 7.49. The van der Waals surface area contributed by atoms with E-state index in [0.29, 0.717) is 11.6 Å². The maximum Gasteiger partial charge on any atom is 0.0443 e. The van der Waals surface area contributed by atoms with E-state index >= 15 is 0 Å². The van der Waals surface area contributed by atoms with Crippen molar-refractivity contribution in [1.29, 1.82) is 5.41 Å². The Morgan fingerprint density at radius 2 is 1.77 bits per heavy atom. The average Bonchev–Trinajstić information content (AvgIpc) is 2.76. The average molecular weight is 296 g/mol. The van der Waals surface area contributed by atoms with Gasteiger partial charge in [-0.05, 0) is 31.5 Å². The predicted molar refractivity (Wildman–Crippen MR) is 97.3 cm³/mol. The molecule has 1 atom stereocenters. The third-order valence-electron chi connectivity index (χ3n) is 4.53. The molecule has 0 aliphatic heterocycles. The van der Waals surface area contributed by atoms with Gasteiger partial charge < -0.3 is 10.3 Å². The number of nitrogens with zero attached hydrogens (tertiary/aromatic N) is 1. The molecular weight excluding hydrogens is 268 g/mol. The maximum absolute atomic E-state index is 8.68. The molecule has 1 unspecified atom stereocenters. The summed E-state index contributed by atoms with van der Waals surface area (Å²) in [6.07, 6.45) is 4.46. The van der Waals surface area contributed by atoms with E-state index in [1.54, 1.807) is 0 Å². The SMILES string of the molecule is CC1=C(C)C(c2ccc(N(C)C)cc2C(=N)C(C)(C)C)C=C1. The molecule has 0 saturated carbocycles. The summed E-state index contributed by atoms with van der Waals surface area (Å²) in [7, 11) is 4.09. The lowest BCUT2D eigenvalue weighted by molar-refractivity contribution is 0.588. The van der Waals surface area contributed by atoms with Crippen LogP contribution in [0.3, 0.4) is 0 Å². The van der Waals surface area contributed by atoms with Crippen LogP contribution < -0.4 is 4.90 Å². The van der Waals surface area contributed by atoms with Crippen LogP contribution >= 0.6 is 0 Å². The van der Waals surface area contributed by atoms with Gasteiger partial charge in [0.25, 0.3) is 0 Å². The molecule has 1 aliphatic rings. The quantitative estimate of drug-likeness (QED) is 0.767. The van der Waals surface area contributed by atoms with Crippen molar-refractivity contribution in [3.8, 4) is 0 Å². The zero-order chi connectivity index (χ0) is 16.7. The first kappa shape index (κ1) is 16.5. The fraction of sp³-hybridized carbons (Fsp3) is 0.450. The lowest BCUT2D eigenvalue weighted by Crippen LogP contribution is -2.23. The molecule has 22 heavy (non-hydrogen) atoms. The number of hydrogen-bond acceptors (Lipinski definition) is 2. The number of allylic oxidation sites excluding steroid dienone is 4. The second kappa shape index (κ2) is 5.75. The van der Waals surface area contributed by atoms with E-state index in [-0.39, 0.29) is 5.41 Å². The molecule has 2 rings (SSSR count). The molecule has 0 radical (unpaired) electrons. The van der Waals surface area contributed by atoms with Gasteiger partial charge in [-0.15, -0.1) is 0 Å². The molecule has 0 spiro atoms. The number of nitrogens with one attached hydrogen (secondary N) is 1. The fourth-order valence-corrected chi connectivity index (χ4v) is 2.81. The number of benzene rings is 1. The first-order valence-corrected chi connectivity index (χ1v) is 7.89. The molecule has 0 amide bonds. The minimum absolute atomic E-state index is 0.158. The minimum atomic E-state index is -0.158. The Kier molecular flexibility index (Phi) is 4.32. The van der Waals surface area contributed by atoms with Crippen LogP contribution in [0, 0.1) is 10.8 Å². The number of rotatable bonds is 3. The van der Waals surface area contributed by atoms with E-state index in [9.17, 15) is 0 Å². The van der Waals surface area contributed by atoms with Crippen molar-refractivity contribution in [2.45, 2.75) is 40.5 Å². The molecular formula is C20H28N2. The van der Waals surface area contributed by atoms with E-state index in [1.165, 1.54) is 16.7 Å². The molecule has 2 nitrogen and oxygen atoms in total. The summed E-state index contributed by atoms with van der Waals surface area (Å²) < 4.78 is 0. The Balaban J connectivity index is 2.60. The summed E-state index contributed by atoms with van der Waals surface area (Å²) in [4.78, 5) is 2.10. The summed E-state index contributed by atoms with van der Waals surface area (Å²) in [5.41, 5.74) is 6.74. The van der Waals surface area contributed by atoms with Gasteiger partial charge in [0.15, 0.2) is 0 Å². The van der Waals surface area contributed by atoms with Crippen molar-refractivity contribution in [1.82, 2.24) is 0 Å². The Morgan fingerprint density at radius 1 is 1.14 bits per heavy atom. The smallest absolute Gasteiger partial charge is 0.0443 e. The maximum atomic E-state index is 8.68. The van der Waals surface area contributed by atoms with Crippen LogP contribution in [0.4, 0.5) is 5.69 Å². The highest BCUT2D eigenvalue weighted by Crippen LogP contribution is 2.38. The zero-order valence-electron chi connectivity index (χ0n) is 14.9. The molecule has 0 saturated heterocycles. The largest absolute Gasteiger partial charge is 0.378 e. The highest BCUT2D eigenvalue weighted by Gasteiger charge is 2.26. The summed E-state index contributed by atoms with van der Waals surface area (Å²) in [5.74, 6) is 0.300. The molecule has 1 aromatic carbocycles. The topological polar surface area (TPSA) is 27.1 Å². The Morgan fingerprint density at radius 3 is 2.23 bits per heavy atom. The van der Waals surface area contributed by atoms with Gasteiger partial charge in [0.2, 0.25) is 0 Å². The molecule has 0 fully saturated rings. The Bertz CT molecular complexity index is 655. The fourth-order valence-electron chi connectivity index (χ4n) is 2.81. The van der Waals surface area contributed by atoms with E-state index < -0.39 is 0 Å². The van der Waals surface area contributed by atoms with Gasteiger partial charge in [-0.2, -0.15) is 0 Å².